The lowest BCUT2D eigenvalue weighted by Gasteiger charge is -2.13. The maximum Gasteiger partial charge on any atom is 0.127 e. The monoisotopic (exact) mass is 548 g/mol. The Kier molecular flexibility index (Phi) is 17.6. The quantitative estimate of drug-likeness (QED) is 0.134. The molecule has 0 aromatic heterocycles. The Balaban J connectivity index is 1.69. The van der Waals surface area contributed by atoms with Gasteiger partial charge in [0.05, 0.1) is 13.2 Å². The van der Waals surface area contributed by atoms with E-state index in [1.165, 1.54) is 23.0 Å². The summed E-state index contributed by atoms with van der Waals surface area (Å²) < 4.78 is 12.2. The molecule has 0 N–H and O–H groups in total. The molecule has 2 aromatic carbocycles. The van der Waals surface area contributed by atoms with Crippen molar-refractivity contribution in [1.29, 1.82) is 0 Å². The second kappa shape index (κ2) is 19.7. The molecule has 0 bridgehead atoms. The van der Waals surface area contributed by atoms with E-state index in [0.29, 0.717) is 0 Å². The Labute approximate surface area is 222 Å². The van der Waals surface area contributed by atoms with Crippen molar-refractivity contribution in [3.8, 4) is 11.5 Å². The van der Waals surface area contributed by atoms with E-state index >= 15 is 0 Å². The minimum Gasteiger partial charge on any atom is -0.493 e. The summed E-state index contributed by atoms with van der Waals surface area (Å²) in [7, 11) is 0. The summed E-state index contributed by atoms with van der Waals surface area (Å²) in [6, 6.07) is 12.5. The van der Waals surface area contributed by atoms with E-state index in [9.17, 15) is 0 Å². The van der Waals surface area contributed by atoms with E-state index in [1.54, 1.807) is 0 Å². The molecule has 32 heavy (non-hydrogen) atoms. The zero-order valence-electron chi connectivity index (χ0n) is 18.7. The summed E-state index contributed by atoms with van der Waals surface area (Å²) in [6.45, 7) is 1.51. The van der Waals surface area contributed by atoms with Crippen LogP contribution in [0.3, 0.4) is 0 Å². The van der Waals surface area contributed by atoms with E-state index in [1.807, 2.05) is 47.0 Å². The molecule has 0 atom stereocenters. The van der Waals surface area contributed by atoms with Gasteiger partial charge >= 0.3 is 0 Å². The van der Waals surface area contributed by atoms with Gasteiger partial charge < -0.3 is 9.47 Å². The molecular weight excluding hydrogens is 513 g/mol. The van der Waals surface area contributed by atoms with Crippen LogP contribution in [0, 0.1) is 0 Å². The van der Waals surface area contributed by atoms with Gasteiger partial charge in [0, 0.05) is 45.3 Å². The average molecular weight is 549 g/mol. The summed E-state index contributed by atoms with van der Waals surface area (Å²) in [5, 5.41) is 2.27. The molecule has 2 nitrogen and oxygen atoms in total. The van der Waals surface area contributed by atoms with Crippen LogP contribution in [0.1, 0.15) is 12.8 Å². The van der Waals surface area contributed by atoms with E-state index in [0.717, 1.165) is 82.8 Å². The van der Waals surface area contributed by atoms with Gasteiger partial charge in [-0.25, -0.2) is 0 Å². The molecule has 2 rings (SSSR count). The Morgan fingerprint density at radius 3 is 1.34 bits per heavy atom. The highest BCUT2D eigenvalue weighted by Gasteiger charge is 2.07. The van der Waals surface area contributed by atoms with Crippen LogP contribution >= 0.6 is 72.3 Å². The molecule has 0 aliphatic rings. The molecule has 8 heteroatoms. The zero-order chi connectivity index (χ0) is 22.7. The van der Waals surface area contributed by atoms with Crippen LogP contribution in [0.25, 0.3) is 10.8 Å². The molecule has 2 aromatic rings. The second-order valence-electron chi connectivity index (χ2n) is 6.91. The Morgan fingerprint density at radius 1 is 0.531 bits per heavy atom. The fourth-order valence-corrected chi connectivity index (χ4v) is 7.34. The lowest BCUT2D eigenvalue weighted by Crippen LogP contribution is -2.02. The predicted octanol–water partition coefficient (Wildman–Crippen LogP) is 7.17. The predicted molar refractivity (Wildman–Crippen MR) is 161 cm³/mol. The van der Waals surface area contributed by atoms with Gasteiger partial charge in [0.25, 0.3) is 0 Å². The fraction of sp³-hybridized carbons (Fsp3) is 0.583. The first-order valence-electron chi connectivity index (χ1n) is 11.2. The molecule has 0 fully saturated rings. The molecule has 0 aliphatic carbocycles. The third-order valence-corrected chi connectivity index (χ3v) is 10.1. The lowest BCUT2D eigenvalue weighted by atomic mass is 10.1. The van der Waals surface area contributed by atoms with Gasteiger partial charge in [0.2, 0.25) is 0 Å². The number of ether oxygens (including phenoxy) is 2. The number of benzene rings is 2. The van der Waals surface area contributed by atoms with Crippen LogP contribution in [0.2, 0.25) is 0 Å². The standard InChI is InChI=1S/C24H36O2S6/c27-11-15-31-19-17-29-13-3-9-25-23-7-1-5-21-22(23)6-2-8-24(21)26-10-4-14-30-18-20-32-16-12-28/h1-2,5-8,27-28H,3-4,9-20H2. The molecule has 0 amide bonds. The normalized spacial score (nSPS) is 11.2. The SMILES string of the molecule is SCCSCCSCCCOc1cccc2c(OCCCSCCSCCS)cccc12. The summed E-state index contributed by atoms with van der Waals surface area (Å²) in [5.74, 6) is 13.3. The summed E-state index contributed by atoms with van der Waals surface area (Å²) in [4.78, 5) is 0. The molecule has 180 valence electrons. The van der Waals surface area contributed by atoms with Crippen LogP contribution in [0.4, 0.5) is 0 Å². The van der Waals surface area contributed by atoms with Crippen LogP contribution in [-0.4, -0.2) is 70.7 Å². The Morgan fingerprint density at radius 2 is 0.938 bits per heavy atom. The number of thioether (sulfide) groups is 4. The van der Waals surface area contributed by atoms with Crippen molar-refractivity contribution in [2.75, 3.05) is 70.7 Å². The summed E-state index contributed by atoms with van der Waals surface area (Å²) in [6.07, 6.45) is 2.14. The third kappa shape index (κ3) is 12.2. The van der Waals surface area contributed by atoms with Crippen molar-refractivity contribution in [2.45, 2.75) is 12.8 Å². The van der Waals surface area contributed by atoms with E-state index in [-0.39, 0.29) is 0 Å². The zero-order valence-corrected chi connectivity index (χ0v) is 23.8. The van der Waals surface area contributed by atoms with Crippen LogP contribution in [0.15, 0.2) is 36.4 Å². The maximum atomic E-state index is 6.12. The highest BCUT2D eigenvalue weighted by Crippen LogP contribution is 2.32. The molecular formula is C24H36O2S6. The second-order valence-corrected chi connectivity index (χ2v) is 12.7. The number of thiol groups is 2. The molecule has 0 spiro atoms. The van der Waals surface area contributed by atoms with Crippen molar-refractivity contribution < 1.29 is 9.47 Å². The smallest absolute Gasteiger partial charge is 0.127 e. The maximum absolute atomic E-state index is 6.12. The fourth-order valence-electron chi connectivity index (χ4n) is 2.96. The van der Waals surface area contributed by atoms with Gasteiger partial charge in [-0.15, -0.1) is 0 Å². The molecule has 0 radical (unpaired) electrons. The Hall–Kier alpha value is 0.400. The van der Waals surface area contributed by atoms with Crippen LogP contribution in [0.5, 0.6) is 11.5 Å². The molecule has 0 unspecified atom stereocenters. The lowest BCUT2D eigenvalue weighted by molar-refractivity contribution is 0.319. The van der Waals surface area contributed by atoms with E-state index in [2.05, 4.69) is 61.7 Å². The first-order valence-corrected chi connectivity index (χ1v) is 17.0. The largest absolute Gasteiger partial charge is 0.493 e. The van der Waals surface area contributed by atoms with Crippen LogP contribution < -0.4 is 9.47 Å². The number of hydrogen-bond donors (Lipinski definition) is 2. The topological polar surface area (TPSA) is 18.5 Å². The molecule has 0 aliphatic heterocycles. The molecule has 0 heterocycles. The first-order chi connectivity index (χ1) is 15.9. The van der Waals surface area contributed by atoms with Gasteiger partial charge in [-0.2, -0.15) is 72.3 Å². The minimum absolute atomic E-state index is 0.754. The summed E-state index contributed by atoms with van der Waals surface area (Å²) in [5.41, 5.74) is 0. The number of rotatable bonds is 20. The molecule has 0 saturated heterocycles. The van der Waals surface area contributed by atoms with Crippen molar-refractivity contribution >= 4 is 83.1 Å². The highest BCUT2D eigenvalue weighted by atomic mass is 32.2. The van der Waals surface area contributed by atoms with Gasteiger partial charge in [-0.1, -0.05) is 24.3 Å². The van der Waals surface area contributed by atoms with Crippen molar-refractivity contribution in [1.82, 2.24) is 0 Å². The van der Waals surface area contributed by atoms with Crippen LogP contribution in [-0.2, 0) is 0 Å². The van der Waals surface area contributed by atoms with E-state index < -0.39 is 0 Å². The number of fused-ring (bicyclic) bond motifs is 1. The van der Waals surface area contributed by atoms with Gasteiger partial charge in [-0.05, 0) is 48.0 Å². The van der Waals surface area contributed by atoms with E-state index in [4.69, 9.17) is 9.47 Å². The molecule has 0 saturated carbocycles. The average Bonchev–Trinajstić information content (AvgIpc) is 2.82. The minimum atomic E-state index is 0.754. The highest BCUT2D eigenvalue weighted by molar-refractivity contribution is 8.03. The van der Waals surface area contributed by atoms with Gasteiger partial charge in [-0.3, -0.25) is 0 Å². The van der Waals surface area contributed by atoms with Crippen molar-refractivity contribution in [3.05, 3.63) is 36.4 Å². The van der Waals surface area contributed by atoms with Crippen molar-refractivity contribution in [2.24, 2.45) is 0 Å². The number of hydrogen-bond acceptors (Lipinski definition) is 8. The summed E-state index contributed by atoms with van der Waals surface area (Å²) >= 11 is 16.5. The third-order valence-electron chi connectivity index (χ3n) is 4.44. The van der Waals surface area contributed by atoms with Crippen molar-refractivity contribution in [3.63, 3.8) is 0 Å². The Bertz CT molecular complexity index is 669. The first kappa shape index (κ1) is 28.6. The van der Waals surface area contributed by atoms with Gasteiger partial charge in [0.1, 0.15) is 11.5 Å². The van der Waals surface area contributed by atoms with Gasteiger partial charge in [0.15, 0.2) is 0 Å².